The Bertz CT molecular complexity index is 164. The Kier molecular flexibility index (Phi) is 2.15. The van der Waals surface area contributed by atoms with Crippen LogP contribution in [0.3, 0.4) is 0 Å². The van der Waals surface area contributed by atoms with Gasteiger partial charge in [-0.3, -0.25) is 0 Å². The summed E-state index contributed by atoms with van der Waals surface area (Å²) in [4.78, 5) is 0. The summed E-state index contributed by atoms with van der Waals surface area (Å²) in [5, 5.41) is 0. The molecule has 0 unspecified atom stereocenters. The van der Waals surface area contributed by atoms with E-state index in [0.29, 0.717) is 0 Å². The Hall–Kier alpha value is 0.0649. The zero-order valence-corrected chi connectivity index (χ0v) is 8.67. The van der Waals surface area contributed by atoms with Crippen LogP contribution < -0.4 is 0 Å². The molecule has 72 valence electrons. The van der Waals surface area contributed by atoms with Gasteiger partial charge in [-0.15, -0.1) is 0 Å². The molecule has 0 aromatic carbocycles. The van der Waals surface area contributed by atoms with Gasteiger partial charge < -0.3 is 0 Å². The van der Waals surface area contributed by atoms with Gasteiger partial charge in [-0.1, -0.05) is 75.2 Å². The molecule has 0 atom stereocenters. The molecule has 2 heterocycles. The third-order valence-corrected chi connectivity index (χ3v) is 5.08. The minimum Gasteiger partial charge on any atom is -0.0617 e. The molecule has 1 heteroatoms. The van der Waals surface area contributed by atoms with Crippen molar-refractivity contribution < 1.29 is 0 Å². The molecule has 1 saturated carbocycles. The third kappa shape index (κ3) is 1.35. The van der Waals surface area contributed by atoms with Crippen molar-refractivity contribution in [2.75, 3.05) is 0 Å². The summed E-state index contributed by atoms with van der Waals surface area (Å²) in [7, 11) is 0. The predicted molar refractivity (Wildman–Crippen MR) is 58.6 cm³/mol. The van der Waals surface area contributed by atoms with Gasteiger partial charge in [0.15, 0.2) is 0 Å². The SMILES string of the molecule is C1CC(B2C3CCCC2CCC3)C1. The number of fused-ring (bicyclic) bond motifs is 2. The quantitative estimate of drug-likeness (QED) is 0.526. The molecule has 2 aliphatic heterocycles. The first-order valence-corrected chi connectivity index (χ1v) is 6.45. The second kappa shape index (κ2) is 3.33. The van der Waals surface area contributed by atoms with Crippen LogP contribution in [0.1, 0.15) is 57.8 Å². The molecule has 0 N–H and O–H groups in total. The van der Waals surface area contributed by atoms with Crippen LogP contribution in [-0.2, 0) is 0 Å². The van der Waals surface area contributed by atoms with Gasteiger partial charge >= 0.3 is 0 Å². The monoisotopic (exact) mass is 176 g/mol. The first-order chi connectivity index (χ1) is 6.45. The lowest BCUT2D eigenvalue weighted by atomic mass is 9.20. The highest BCUT2D eigenvalue weighted by molar-refractivity contribution is 6.64. The van der Waals surface area contributed by atoms with E-state index in [-0.39, 0.29) is 0 Å². The fourth-order valence-electron chi connectivity index (χ4n) is 4.32. The van der Waals surface area contributed by atoms with Gasteiger partial charge in [-0.05, 0) is 0 Å². The van der Waals surface area contributed by atoms with E-state index in [9.17, 15) is 0 Å². The van der Waals surface area contributed by atoms with Crippen LogP contribution in [0.2, 0.25) is 17.5 Å². The van der Waals surface area contributed by atoms with E-state index in [0.717, 1.165) is 11.6 Å². The molecule has 2 bridgehead atoms. The zero-order valence-electron chi connectivity index (χ0n) is 8.67. The van der Waals surface area contributed by atoms with E-state index < -0.39 is 0 Å². The molecule has 2 saturated heterocycles. The lowest BCUT2D eigenvalue weighted by Crippen LogP contribution is -2.40. The van der Waals surface area contributed by atoms with E-state index in [1.165, 1.54) is 12.5 Å². The van der Waals surface area contributed by atoms with Crippen LogP contribution in [0.5, 0.6) is 0 Å². The van der Waals surface area contributed by atoms with Crippen molar-refractivity contribution in [2.24, 2.45) is 0 Å². The standard InChI is InChI=1S/C12H21B/c1-4-10-6-2-7-11(5-1)13(10)12-8-3-9-12/h10-12H,1-9H2. The van der Waals surface area contributed by atoms with Crippen LogP contribution in [0.4, 0.5) is 0 Å². The van der Waals surface area contributed by atoms with Gasteiger partial charge in [-0.2, -0.15) is 0 Å². The average molecular weight is 176 g/mol. The van der Waals surface area contributed by atoms with E-state index in [1.54, 1.807) is 57.8 Å². The number of hydrogen-bond donors (Lipinski definition) is 0. The molecule has 3 fully saturated rings. The molecule has 1 aliphatic carbocycles. The summed E-state index contributed by atoms with van der Waals surface area (Å²) < 4.78 is 0. The van der Waals surface area contributed by atoms with E-state index in [2.05, 4.69) is 0 Å². The van der Waals surface area contributed by atoms with Crippen LogP contribution in [0.15, 0.2) is 0 Å². The van der Waals surface area contributed by atoms with Gasteiger partial charge in [0, 0.05) is 0 Å². The second-order valence-corrected chi connectivity index (χ2v) is 5.65. The maximum atomic E-state index is 1.58. The minimum absolute atomic E-state index is 1.16. The van der Waals surface area contributed by atoms with Gasteiger partial charge in [0.2, 0.25) is 0 Å². The van der Waals surface area contributed by atoms with Crippen molar-refractivity contribution in [2.45, 2.75) is 75.2 Å². The van der Waals surface area contributed by atoms with Crippen molar-refractivity contribution in [3.8, 4) is 0 Å². The number of hydrogen-bond acceptors (Lipinski definition) is 0. The lowest BCUT2D eigenvalue weighted by molar-refractivity contribution is 0.400. The largest absolute Gasteiger partial charge is 0.149 e. The molecule has 0 aromatic rings. The summed E-state index contributed by atoms with van der Waals surface area (Å²) in [6.45, 7) is 1.19. The molecule has 0 radical (unpaired) electrons. The Morgan fingerprint density at radius 1 is 0.538 bits per heavy atom. The highest BCUT2D eigenvalue weighted by Gasteiger charge is 2.44. The van der Waals surface area contributed by atoms with Crippen molar-refractivity contribution in [3.05, 3.63) is 0 Å². The fourth-order valence-corrected chi connectivity index (χ4v) is 4.32. The van der Waals surface area contributed by atoms with Crippen LogP contribution >= 0.6 is 0 Å². The fraction of sp³-hybridized carbons (Fsp3) is 1.00. The molecular weight excluding hydrogens is 155 g/mol. The molecular formula is C12H21B. The van der Waals surface area contributed by atoms with Crippen LogP contribution in [0, 0.1) is 0 Å². The van der Waals surface area contributed by atoms with Crippen LogP contribution in [-0.4, -0.2) is 6.71 Å². The number of rotatable bonds is 1. The highest BCUT2D eigenvalue weighted by atomic mass is 14.3. The van der Waals surface area contributed by atoms with Crippen molar-refractivity contribution in [3.63, 3.8) is 0 Å². The van der Waals surface area contributed by atoms with Gasteiger partial charge in [0.05, 0.1) is 0 Å². The Balaban J connectivity index is 1.75. The predicted octanol–water partition coefficient (Wildman–Crippen LogP) is 4.14. The lowest BCUT2D eigenvalue weighted by Gasteiger charge is -2.47. The van der Waals surface area contributed by atoms with E-state index in [4.69, 9.17) is 0 Å². The molecule has 0 aromatic heterocycles. The molecule has 13 heavy (non-hydrogen) atoms. The van der Waals surface area contributed by atoms with E-state index >= 15 is 0 Å². The summed E-state index contributed by atoms with van der Waals surface area (Å²) >= 11 is 0. The molecule has 3 rings (SSSR count). The first kappa shape index (κ1) is 8.38. The summed E-state index contributed by atoms with van der Waals surface area (Å²) in [5.41, 5.74) is 0. The molecule has 0 nitrogen and oxygen atoms in total. The minimum atomic E-state index is 1.16. The van der Waals surface area contributed by atoms with Crippen molar-refractivity contribution in [1.82, 2.24) is 0 Å². The second-order valence-electron chi connectivity index (χ2n) is 5.65. The Morgan fingerprint density at radius 3 is 1.15 bits per heavy atom. The topological polar surface area (TPSA) is 0 Å². The van der Waals surface area contributed by atoms with Gasteiger partial charge in [0.25, 0.3) is 0 Å². The molecule has 0 spiro atoms. The van der Waals surface area contributed by atoms with E-state index in [1.807, 2.05) is 0 Å². The normalized spacial score (nSPS) is 40.2. The average Bonchev–Trinajstić information content (AvgIpc) is 2.00. The summed E-state index contributed by atoms with van der Waals surface area (Å²) in [6, 6.07) is 0. The highest BCUT2D eigenvalue weighted by Crippen LogP contribution is 2.54. The maximum Gasteiger partial charge on any atom is 0.149 e. The van der Waals surface area contributed by atoms with Crippen molar-refractivity contribution >= 4 is 6.71 Å². The zero-order chi connectivity index (χ0) is 8.67. The Labute approximate surface area is 82.6 Å². The first-order valence-electron chi connectivity index (χ1n) is 6.45. The Morgan fingerprint density at radius 2 is 0.846 bits per heavy atom. The smallest absolute Gasteiger partial charge is 0.0617 e. The molecule has 0 amide bonds. The third-order valence-electron chi connectivity index (χ3n) is 5.08. The summed E-state index contributed by atoms with van der Waals surface area (Å²) in [6.07, 6.45) is 14.1. The maximum absolute atomic E-state index is 1.58. The van der Waals surface area contributed by atoms with Crippen LogP contribution in [0.25, 0.3) is 0 Å². The summed E-state index contributed by atoms with van der Waals surface area (Å²) in [5.74, 6) is 3.51. The molecule has 3 aliphatic rings. The van der Waals surface area contributed by atoms with Gasteiger partial charge in [0.1, 0.15) is 6.71 Å². The van der Waals surface area contributed by atoms with Gasteiger partial charge in [-0.25, -0.2) is 0 Å². The van der Waals surface area contributed by atoms with Crippen molar-refractivity contribution in [1.29, 1.82) is 0 Å².